The van der Waals surface area contributed by atoms with E-state index in [2.05, 4.69) is 22.5 Å². The molecule has 1 aromatic rings. The topological polar surface area (TPSA) is 37.0 Å². The van der Waals surface area contributed by atoms with E-state index in [9.17, 15) is 0 Å². The third kappa shape index (κ3) is 3.89. The Morgan fingerprint density at radius 1 is 1.57 bits per heavy atom. The lowest BCUT2D eigenvalue weighted by Crippen LogP contribution is -2.29. The highest BCUT2D eigenvalue weighted by Crippen LogP contribution is 2.09. The largest absolute Gasteiger partial charge is 0.362 e. The molecule has 14 heavy (non-hydrogen) atoms. The Bertz CT molecular complexity index is 299. The molecule has 5 heteroatoms. The second-order valence-electron chi connectivity index (χ2n) is 2.74. The van der Waals surface area contributed by atoms with Crippen molar-refractivity contribution in [3.05, 3.63) is 23.4 Å². The number of hydrogen-bond acceptors (Lipinski definition) is 2. The van der Waals surface area contributed by atoms with Crippen LogP contribution in [0.3, 0.4) is 0 Å². The van der Waals surface area contributed by atoms with Crippen LogP contribution in [-0.4, -0.2) is 16.6 Å². The van der Waals surface area contributed by atoms with Crippen molar-refractivity contribution in [3.8, 4) is 0 Å². The zero-order chi connectivity index (χ0) is 10.4. The molecule has 0 saturated carbocycles. The van der Waals surface area contributed by atoms with Crippen molar-refractivity contribution >= 4 is 34.7 Å². The van der Waals surface area contributed by atoms with Gasteiger partial charge in [0.15, 0.2) is 5.11 Å². The molecule has 1 rings (SSSR count). The minimum absolute atomic E-state index is 0.585. The molecule has 0 spiro atoms. The summed E-state index contributed by atoms with van der Waals surface area (Å²) in [5.41, 5.74) is 0. The van der Waals surface area contributed by atoms with Crippen LogP contribution in [0.25, 0.3) is 0 Å². The highest BCUT2D eigenvalue weighted by Gasteiger charge is 1.96. The Morgan fingerprint density at radius 2 is 2.36 bits per heavy atom. The Hall–Kier alpha value is -0.870. The number of rotatable bonds is 3. The molecule has 0 radical (unpaired) electrons. The predicted molar refractivity (Wildman–Crippen MR) is 63.8 cm³/mol. The molecule has 0 saturated heterocycles. The van der Waals surface area contributed by atoms with Crippen LogP contribution in [0.2, 0.25) is 5.02 Å². The minimum atomic E-state index is 0.585. The molecule has 0 atom stereocenters. The SMILES string of the molecule is CCCNC(=S)Nc1ccc(Cl)cn1. The molecule has 2 N–H and O–H groups in total. The zero-order valence-electron chi connectivity index (χ0n) is 7.88. The van der Waals surface area contributed by atoms with E-state index in [1.165, 1.54) is 0 Å². The van der Waals surface area contributed by atoms with Gasteiger partial charge in [0.2, 0.25) is 0 Å². The monoisotopic (exact) mass is 229 g/mol. The first-order valence-electron chi connectivity index (χ1n) is 4.38. The Morgan fingerprint density at radius 3 is 2.93 bits per heavy atom. The maximum atomic E-state index is 5.69. The number of halogens is 1. The zero-order valence-corrected chi connectivity index (χ0v) is 9.45. The normalized spacial score (nSPS) is 9.57. The van der Waals surface area contributed by atoms with Crippen molar-refractivity contribution in [2.75, 3.05) is 11.9 Å². The highest BCUT2D eigenvalue weighted by atomic mass is 35.5. The van der Waals surface area contributed by atoms with Crippen molar-refractivity contribution in [1.29, 1.82) is 0 Å². The smallest absolute Gasteiger partial charge is 0.171 e. The summed E-state index contributed by atoms with van der Waals surface area (Å²) in [5, 5.41) is 7.20. The summed E-state index contributed by atoms with van der Waals surface area (Å²) in [6, 6.07) is 3.54. The van der Waals surface area contributed by atoms with Crippen molar-refractivity contribution in [3.63, 3.8) is 0 Å². The Kier molecular flexibility index (Phi) is 4.62. The van der Waals surface area contributed by atoms with Crippen LogP contribution in [0.5, 0.6) is 0 Å². The number of anilines is 1. The molecule has 0 aliphatic rings. The number of pyridine rings is 1. The summed E-state index contributed by atoms with van der Waals surface area (Å²) in [6.45, 7) is 2.94. The van der Waals surface area contributed by atoms with Crippen LogP contribution in [-0.2, 0) is 0 Å². The summed E-state index contributed by atoms with van der Waals surface area (Å²) >= 11 is 10.7. The molecule has 0 aliphatic heterocycles. The molecule has 0 bridgehead atoms. The van der Waals surface area contributed by atoms with E-state index >= 15 is 0 Å². The van der Waals surface area contributed by atoms with E-state index in [0.29, 0.717) is 16.0 Å². The van der Waals surface area contributed by atoms with Gasteiger partial charge in [0.25, 0.3) is 0 Å². The van der Waals surface area contributed by atoms with Crippen molar-refractivity contribution in [1.82, 2.24) is 10.3 Å². The maximum absolute atomic E-state index is 5.69. The summed E-state index contributed by atoms with van der Waals surface area (Å²) in [6.07, 6.45) is 2.61. The first-order valence-corrected chi connectivity index (χ1v) is 5.17. The molecule has 0 amide bonds. The van der Waals surface area contributed by atoms with Gasteiger partial charge in [0, 0.05) is 12.7 Å². The quantitative estimate of drug-likeness (QED) is 0.781. The van der Waals surface area contributed by atoms with Gasteiger partial charge in [-0.1, -0.05) is 18.5 Å². The van der Waals surface area contributed by atoms with Crippen molar-refractivity contribution < 1.29 is 0 Å². The van der Waals surface area contributed by atoms with E-state index in [1.807, 2.05) is 0 Å². The van der Waals surface area contributed by atoms with Crippen LogP contribution in [0.4, 0.5) is 5.82 Å². The molecule has 1 aromatic heterocycles. The highest BCUT2D eigenvalue weighted by molar-refractivity contribution is 7.80. The Labute approximate surface area is 93.9 Å². The average molecular weight is 230 g/mol. The molecule has 0 fully saturated rings. The second kappa shape index (κ2) is 5.78. The lowest BCUT2D eigenvalue weighted by molar-refractivity contribution is 0.846. The van der Waals surface area contributed by atoms with Crippen molar-refractivity contribution in [2.24, 2.45) is 0 Å². The van der Waals surface area contributed by atoms with Gasteiger partial charge in [-0.25, -0.2) is 4.98 Å². The molecule has 0 aliphatic carbocycles. The van der Waals surface area contributed by atoms with E-state index in [4.69, 9.17) is 23.8 Å². The van der Waals surface area contributed by atoms with E-state index in [0.717, 1.165) is 13.0 Å². The number of hydrogen-bond donors (Lipinski definition) is 2. The van der Waals surface area contributed by atoms with Gasteiger partial charge < -0.3 is 10.6 Å². The van der Waals surface area contributed by atoms with E-state index < -0.39 is 0 Å². The third-order valence-corrected chi connectivity index (χ3v) is 1.97. The van der Waals surface area contributed by atoms with Crippen LogP contribution in [0.15, 0.2) is 18.3 Å². The lowest BCUT2D eigenvalue weighted by atomic mass is 10.4. The van der Waals surface area contributed by atoms with Crippen LogP contribution in [0.1, 0.15) is 13.3 Å². The molecule has 0 aromatic carbocycles. The number of aromatic nitrogens is 1. The number of thiocarbonyl (C=S) groups is 1. The summed E-state index contributed by atoms with van der Waals surface area (Å²) in [4.78, 5) is 4.06. The minimum Gasteiger partial charge on any atom is -0.362 e. The first kappa shape index (κ1) is 11.2. The number of nitrogens with one attached hydrogen (secondary N) is 2. The Balaban J connectivity index is 2.44. The number of nitrogens with zero attached hydrogens (tertiary/aromatic N) is 1. The third-order valence-electron chi connectivity index (χ3n) is 1.50. The maximum Gasteiger partial charge on any atom is 0.171 e. The first-order chi connectivity index (χ1) is 6.72. The standard InChI is InChI=1S/C9H12ClN3S/c1-2-5-11-9(14)13-8-4-3-7(10)6-12-8/h3-4,6H,2,5H2,1H3,(H2,11,12,13,14). The molecule has 3 nitrogen and oxygen atoms in total. The summed E-state index contributed by atoms with van der Waals surface area (Å²) < 4.78 is 0. The van der Waals surface area contributed by atoms with Gasteiger partial charge in [-0.3, -0.25) is 0 Å². The summed E-state index contributed by atoms with van der Waals surface area (Å²) in [7, 11) is 0. The fraction of sp³-hybridized carbons (Fsp3) is 0.333. The molecule has 1 heterocycles. The fourth-order valence-electron chi connectivity index (χ4n) is 0.849. The van der Waals surface area contributed by atoms with E-state index in [1.54, 1.807) is 18.3 Å². The lowest BCUT2D eigenvalue weighted by Gasteiger charge is -2.08. The fourth-order valence-corrected chi connectivity index (χ4v) is 1.17. The molecular formula is C9H12ClN3S. The van der Waals surface area contributed by atoms with Gasteiger partial charge in [-0.15, -0.1) is 0 Å². The van der Waals surface area contributed by atoms with Crippen molar-refractivity contribution in [2.45, 2.75) is 13.3 Å². The average Bonchev–Trinajstić information content (AvgIpc) is 2.18. The van der Waals surface area contributed by atoms with E-state index in [-0.39, 0.29) is 0 Å². The van der Waals surface area contributed by atoms with Crippen LogP contribution < -0.4 is 10.6 Å². The molecular weight excluding hydrogens is 218 g/mol. The van der Waals surface area contributed by atoms with Crippen LogP contribution in [0, 0.1) is 0 Å². The van der Waals surface area contributed by atoms with Gasteiger partial charge in [-0.05, 0) is 30.8 Å². The van der Waals surface area contributed by atoms with Gasteiger partial charge in [-0.2, -0.15) is 0 Å². The van der Waals surface area contributed by atoms with Crippen LogP contribution >= 0.6 is 23.8 Å². The molecule has 76 valence electrons. The van der Waals surface area contributed by atoms with Gasteiger partial charge >= 0.3 is 0 Å². The second-order valence-corrected chi connectivity index (χ2v) is 3.59. The predicted octanol–water partition coefficient (Wildman–Crippen LogP) is 2.43. The summed E-state index contributed by atoms with van der Waals surface area (Å²) in [5.74, 6) is 0.697. The molecule has 0 unspecified atom stereocenters. The van der Waals surface area contributed by atoms with Gasteiger partial charge in [0.1, 0.15) is 5.82 Å². The van der Waals surface area contributed by atoms with Gasteiger partial charge in [0.05, 0.1) is 5.02 Å².